The highest BCUT2D eigenvalue weighted by Gasteiger charge is 2.10. The van der Waals surface area contributed by atoms with Gasteiger partial charge in [-0.1, -0.05) is 48.0 Å². The van der Waals surface area contributed by atoms with E-state index >= 15 is 0 Å². The second-order valence-electron chi connectivity index (χ2n) is 4.37. The van der Waals surface area contributed by atoms with Crippen molar-refractivity contribution < 1.29 is 0 Å². The van der Waals surface area contributed by atoms with Crippen LogP contribution in [0.2, 0.25) is 5.02 Å². The lowest BCUT2D eigenvalue weighted by Gasteiger charge is -2.01. The Morgan fingerprint density at radius 3 is 2.50 bits per heavy atom. The van der Waals surface area contributed by atoms with Crippen molar-refractivity contribution >= 4 is 53.9 Å². The minimum absolute atomic E-state index is 0.843. The molecule has 4 aromatic rings. The van der Waals surface area contributed by atoms with Crippen LogP contribution < -0.4 is 0 Å². The number of hydrogen-bond donors (Lipinski definition) is 0. The fraction of sp³-hybridized carbons (Fsp3) is 0. The number of hydrogen-bond acceptors (Lipinski definition) is 1. The Bertz CT molecular complexity index is 889. The zero-order valence-corrected chi connectivity index (χ0v) is 11.1. The second kappa shape index (κ2) is 3.71. The molecule has 0 aliphatic rings. The van der Waals surface area contributed by atoms with Gasteiger partial charge in [-0.15, -0.1) is 11.3 Å². The summed E-state index contributed by atoms with van der Waals surface area (Å²) in [7, 11) is 0. The van der Waals surface area contributed by atoms with Crippen LogP contribution >= 0.6 is 22.9 Å². The average molecular weight is 269 g/mol. The SMILES string of the molecule is Clc1cccc2sc3ccc4ccccc4c3c12. The highest BCUT2D eigenvalue weighted by atomic mass is 35.5. The quantitative estimate of drug-likeness (QED) is 0.375. The molecule has 4 rings (SSSR count). The predicted molar refractivity (Wildman–Crippen MR) is 81.8 cm³/mol. The largest absolute Gasteiger partial charge is 0.135 e. The molecule has 0 unspecified atom stereocenters. The molecule has 86 valence electrons. The van der Waals surface area contributed by atoms with Crippen molar-refractivity contribution in [2.24, 2.45) is 0 Å². The molecule has 0 spiro atoms. The molecular weight excluding hydrogens is 260 g/mol. The first-order valence-corrected chi connectivity index (χ1v) is 7.02. The van der Waals surface area contributed by atoms with Crippen LogP contribution in [0.5, 0.6) is 0 Å². The smallest absolute Gasteiger partial charge is 0.0499 e. The third-order valence-electron chi connectivity index (χ3n) is 3.34. The van der Waals surface area contributed by atoms with E-state index in [2.05, 4.69) is 42.5 Å². The molecule has 0 atom stereocenters. The van der Waals surface area contributed by atoms with Crippen LogP contribution in [0.1, 0.15) is 0 Å². The van der Waals surface area contributed by atoms with Gasteiger partial charge in [-0.05, 0) is 29.0 Å². The molecule has 0 saturated carbocycles. The van der Waals surface area contributed by atoms with Crippen LogP contribution in [0, 0.1) is 0 Å². The van der Waals surface area contributed by atoms with E-state index in [0.29, 0.717) is 0 Å². The van der Waals surface area contributed by atoms with Gasteiger partial charge in [0.05, 0.1) is 0 Å². The highest BCUT2D eigenvalue weighted by Crippen LogP contribution is 2.41. The molecule has 1 heterocycles. The lowest BCUT2D eigenvalue weighted by molar-refractivity contribution is 1.81. The Labute approximate surface area is 113 Å². The predicted octanol–water partition coefficient (Wildman–Crippen LogP) is 5.86. The van der Waals surface area contributed by atoms with Gasteiger partial charge in [-0.3, -0.25) is 0 Å². The molecule has 0 bridgehead atoms. The number of rotatable bonds is 0. The average Bonchev–Trinajstić information content (AvgIpc) is 2.79. The number of benzene rings is 3. The molecule has 3 aromatic carbocycles. The van der Waals surface area contributed by atoms with E-state index in [1.807, 2.05) is 12.1 Å². The van der Waals surface area contributed by atoms with Gasteiger partial charge < -0.3 is 0 Å². The van der Waals surface area contributed by atoms with Gasteiger partial charge in [0.2, 0.25) is 0 Å². The first-order chi connectivity index (χ1) is 8.84. The molecule has 0 aliphatic carbocycles. The van der Waals surface area contributed by atoms with Crippen molar-refractivity contribution in [2.75, 3.05) is 0 Å². The first kappa shape index (κ1) is 10.4. The fourth-order valence-corrected chi connectivity index (χ4v) is 4.02. The Morgan fingerprint density at radius 2 is 1.56 bits per heavy atom. The van der Waals surface area contributed by atoms with Gasteiger partial charge in [0.25, 0.3) is 0 Å². The van der Waals surface area contributed by atoms with Crippen LogP contribution in [-0.2, 0) is 0 Å². The monoisotopic (exact) mass is 268 g/mol. The Hall–Kier alpha value is -1.57. The van der Waals surface area contributed by atoms with Gasteiger partial charge >= 0.3 is 0 Å². The molecule has 0 N–H and O–H groups in total. The summed E-state index contributed by atoms with van der Waals surface area (Å²) in [5, 5.41) is 5.88. The zero-order valence-electron chi connectivity index (χ0n) is 9.48. The molecule has 0 nitrogen and oxygen atoms in total. The summed E-state index contributed by atoms with van der Waals surface area (Å²) in [6.07, 6.45) is 0. The third-order valence-corrected chi connectivity index (χ3v) is 4.77. The first-order valence-electron chi connectivity index (χ1n) is 5.83. The van der Waals surface area contributed by atoms with Crippen LogP contribution in [0.25, 0.3) is 30.9 Å². The maximum atomic E-state index is 6.38. The standard InChI is InChI=1S/C16H9ClS/c17-12-6-3-7-13-16(12)15-11-5-2-1-4-10(11)8-9-14(15)18-13/h1-9H. The second-order valence-corrected chi connectivity index (χ2v) is 5.87. The Balaban J connectivity index is 2.40. The molecule has 0 amide bonds. The minimum atomic E-state index is 0.843. The summed E-state index contributed by atoms with van der Waals surface area (Å²) in [4.78, 5) is 0. The van der Waals surface area contributed by atoms with Crippen molar-refractivity contribution in [3.63, 3.8) is 0 Å². The van der Waals surface area contributed by atoms with Crippen molar-refractivity contribution in [3.05, 3.63) is 59.6 Å². The van der Waals surface area contributed by atoms with E-state index in [1.165, 1.54) is 30.9 Å². The normalized spacial score (nSPS) is 11.6. The molecule has 0 fully saturated rings. The summed E-state index contributed by atoms with van der Waals surface area (Å²) in [6.45, 7) is 0. The van der Waals surface area contributed by atoms with E-state index < -0.39 is 0 Å². The minimum Gasteiger partial charge on any atom is -0.135 e. The molecule has 0 aliphatic heterocycles. The lowest BCUT2D eigenvalue weighted by Crippen LogP contribution is -1.74. The highest BCUT2D eigenvalue weighted by molar-refractivity contribution is 7.26. The van der Waals surface area contributed by atoms with Crippen LogP contribution in [0.4, 0.5) is 0 Å². The van der Waals surface area contributed by atoms with Crippen molar-refractivity contribution in [1.82, 2.24) is 0 Å². The van der Waals surface area contributed by atoms with Crippen molar-refractivity contribution in [2.45, 2.75) is 0 Å². The number of fused-ring (bicyclic) bond motifs is 5. The summed E-state index contributed by atoms with van der Waals surface area (Å²) >= 11 is 8.19. The summed E-state index contributed by atoms with van der Waals surface area (Å²) in [5.74, 6) is 0. The molecule has 1 aromatic heterocycles. The summed E-state index contributed by atoms with van der Waals surface area (Å²) in [6, 6.07) is 19.0. The van der Waals surface area contributed by atoms with Gasteiger partial charge in [-0.25, -0.2) is 0 Å². The fourth-order valence-electron chi connectivity index (χ4n) is 2.54. The van der Waals surface area contributed by atoms with Gasteiger partial charge in [-0.2, -0.15) is 0 Å². The summed E-state index contributed by atoms with van der Waals surface area (Å²) < 4.78 is 2.56. The van der Waals surface area contributed by atoms with Crippen LogP contribution in [-0.4, -0.2) is 0 Å². The maximum absolute atomic E-state index is 6.38. The Kier molecular flexibility index (Phi) is 2.14. The molecule has 2 heteroatoms. The van der Waals surface area contributed by atoms with E-state index in [4.69, 9.17) is 11.6 Å². The van der Waals surface area contributed by atoms with E-state index in [1.54, 1.807) is 11.3 Å². The number of halogens is 1. The Morgan fingerprint density at radius 1 is 0.722 bits per heavy atom. The zero-order chi connectivity index (χ0) is 12.1. The number of thiophene rings is 1. The lowest BCUT2D eigenvalue weighted by atomic mass is 10.0. The maximum Gasteiger partial charge on any atom is 0.0499 e. The topological polar surface area (TPSA) is 0 Å². The molecular formula is C16H9ClS. The van der Waals surface area contributed by atoms with Gasteiger partial charge in [0.15, 0.2) is 0 Å². The molecule has 0 saturated heterocycles. The third kappa shape index (κ3) is 1.32. The van der Waals surface area contributed by atoms with Gasteiger partial charge in [0, 0.05) is 25.2 Å². The molecule has 18 heavy (non-hydrogen) atoms. The van der Waals surface area contributed by atoms with Gasteiger partial charge in [0.1, 0.15) is 0 Å². The summed E-state index contributed by atoms with van der Waals surface area (Å²) in [5.41, 5.74) is 0. The van der Waals surface area contributed by atoms with Crippen molar-refractivity contribution in [1.29, 1.82) is 0 Å². The van der Waals surface area contributed by atoms with E-state index in [-0.39, 0.29) is 0 Å². The van der Waals surface area contributed by atoms with E-state index in [9.17, 15) is 0 Å². The van der Waals surface area contributed by atoms with Crippen LogP contribution in [0.15, 0.2) is 54.6 Å². The van der Waals surface area contributed by atoms with E-state index in [0.717, 1.165) is 5.02 Å². The molecule has 0 radical (unpaired) electrons. The van der Waals surface area contributed by atoms with Crippen molar-refractivity contribution in [3.8, 4) is 0 Å². The van der Waals surface area contributed by atoms with Crippen LogP contribution in [0.3, 0.4) is 0 Å².